The molecule has 0 unspecified atom stereocenters. The van der Waals surface area contributed by atoms with Gasteiger partial charge in [-0.3, -0.25) is 4.98 Å². The fourth-order valence-electron chi connectivity index (χ4n) is 1.19. The van der Waals surface area contributed by atoms with Crippen LogP contribution in [-0.2, 0) is 0 Å². The van der Waals surface area contributed by atoms with Crippen LogP contribution in [-0.4, -0.2) is 38.1 Å². The van der Waals surface area contributed by atoms with Gasteiger partial charge in [-0.1, -0.05) is 0 Å². The van der Waals surface area contributed by atoms with Crippen LogP contribution in [0, 0.1) is 0 Å². The fraction of sp³-hybridized carbons (Fsp3) is 0.100. The van der Waals surface area contributed by atoms with E-state index in [4.69, 9.17) is 26.2 Å². The van der Waals surface area contributed by atoms with Gasteiger partial charge in [0.15, 0.2) is 5.75 Å². The second-order valence-electron chi connectivity index (χ2n) is 3.15. The first-order valence-corrected chi connectivity index (χ1v) is 5.28. The zero-order chi connectivity index (χ0) is 13.8. The molecule has 0 aliphatic heterocycles. The zero-order valence-corrected chi connectivity index (χ0v) is 10.3. The van der Waals surface area contributed by atoms with E-state index in [0.717, 1.165) is 0 Å². The minimum atomic E-state index is -1.16. The van der Waals surface area contributed by atoms with Crippen LogP contribution in [0.4, 0.5) is 0 Å². The summed E-state index contributed by atoms with van der Waals surface area (Å²) >= 11 is 5.64. The third kappa shape index (κ3) is 3.05. The van der Waals surface area contributed by atoms with E-state index in [2.05, 4.69) is 19.9 Å². The van der Waals surface area contributed by atoms with Gasteiger partial charge >= 0.3 is 18.0 Å². The molecular formula is C10H7ClN4O4. The Morgan fingerprint density at radius 2 is 2.05 bits per heavy atom. The number of rotatable bonds is 4. The second kappa shape index (κ2) is 5.44. The van der Waals surface area contributed by atoms with E-state index in [9.17, 15) is 4.79 Å². The van der Waals surface area contributed by atoms with Crippen LogP contribution >= 0.6 is 11.6 Å². The summed E-state index contributed by atoms with van der Waals surface area (Å²) in [6.45, 7) is 0. The minimum Gasteiger partial charge on any atom is -0.478 e. The van der Waals surface area contributed by atoms with Gasteiger partial charge in [-0.25, -0.2) is 4.79 Å². The minimum absolute atomic E-state index is 0.0145. The van der Waals surface area contributed by atoms with Gasteiger partial charge in [0.25, 0.3) is 0 Å². The molecule has 98 valence electrons. The number of aromatic carboxylic acids is 1. The Hall–Kier alpha value is -2.48. The molecule has 0 aliphatic rings. The maximum atomic E-state index is 11.0. The highest BCUT2D eigenvalue weighted by atomic mass is 35.5. The summed E-state index contributed by atoms with van der Waals surface area (Å²) in [6.07, 6.45) is 2.56. The largest absolute Gasteiger partial charge is 0.478 e. The van der Waals surface area contributed by atoms with Crippen molar-refractivity contribution in [3.05, 3.63) is 29.3 Å². The van der Waals surface area contributed by atoms with E-state index in [-0.39, 0.29) is 28.6 Å². The fourth-order valence-corrected chi connectivity index (χ4v) is 1.33. The van der Waals surface area contributed by atoms with Gasteiger partial charge in [0, 0.05) is 6.20 Å². The molecule has 19 heavy (non-hydrogen) atoms. The van der Waals surface area contributed by atoms with Crippen molar-refractivity contribution in [3.8, 4) is 17.8 Å². The van der Waals surface area contributed by atoms with Gasteiger partial charge in [0.05, 0.1) is 13.3 Å². The number of carboxylic acid groups (broad SMARTS) is 1. The molecule has 0 saturated carbocycles. The second-order valence-corrected chi connectivity index (χ2v) is 3.49. The molecule has 9 heteroatoms. The molecule has 0 atom stereocenters. The summed E-state index contributed by atoms with van der Waals surface area (Å²) in [5.74, 6) is -1.18. The predicted molar refractivity (Wildman–Crippen MR) is 62.7 cm³/mol. The third-order valence-corrected chi connectivity index (χ3v) is 2.13. The SMILES string of the molecule is COc1nc(Cl)nc(Oc2cnccc2C(=O)O)n1. The lowest BCUT2D eigenvalue weighted by molar-refractivity contribution is 0.0694. The summed E-state index contributed by atoms with van der Waals surface area (Å²) in [7, 11) is 1.35. The number of carbonyl (C=O) groups is 1. The first kappa shape index (κ1) is 13.0. The van der Waals surface area contributed by atoms with Crippen molar-refractivity contribution in [2.75, 3.05) is 7.11 Å². The first-order valence-electron chi connectivity index (χ1n) is 4.91. The summed E-state index contributed by atoms with van der Waals surface area (Å²) in [4.78, 5) is 25.9. The Labute approximate surface area is 112 Å². The van der Waals surface area contributed by atoms with Gasteiger partial charge < -0.3 is 14.6 Å². The van der Waals surface area contributed by atoms with Crippen molar-refractivity contribution >= 4 is 17.6 Å². The molecule has 0 aromatic carbocycles. The maximum absolute atomic E-state index is 11.0. The van der Waals surface area contributed by atoms with Crippen LogP contribution in [0.5, 0.6) is 17.8 Å². The summed E-state index contributed by atoms with van der Waals surface area (Å²) in [6, 6.07) is 1.06. The van der Waals surface area contributed by atoms with E-state index in [1.807, 2.05) is 0 Å². The molecule has 0 fully saturated rings. The van der Waals surface area contributed by atoms with Crippen molar-refractivity contribution in [2.45, 2.75) is 0 Å². The third-order valence-electron chi connectivity index (χ3n) is 1.97. The number of aromatic nitrogens is 4. The molecule has 0 bridgehead atoms. The summed E-state index contributed by atoms with van der Waals surface area (Å²) < 4.78 is 10.0. The number of ether oxygens (including phenoxy) is 2. The van der Waals surface area contributed by atoms with Crippen molar-refractivity contribution in [2.24, 2.45) is 0 Å². The Balaban J connectivity index is 2.36. The molecule has 1 N–H and O–H groups in total. The quantitative estimate of drug-likeness (QED) is 0.897. The van der Waals surface area contributed by atoms with Crippen molar-refractivity contribution in [1.82, 2.24) is 19.9 Å². The van der Waals surface area contributed by atoms with Gasteiger partial charge in [-0.2, -0.15) is 9.97 Å². The molecule has 0 spiro atoms. The van der Waals surface area contributed by atoms with Crippen LogP contribution in [0.2, 0.25) is 5.28 Å². The van der Waals surface area contributed by atoms with Crippen LogP contribution in [0.25, 0.3) is 0 Å². The van der Waals surface area contributed by atoms with Crippen molar-refractivity contribution in [1.29, 1.82) is 0 Å². The molecule has 2 aromatic rings. The molecule has 2 heterocycles. The van der Waals surface area contributed by atoms with Gasteiger partial charge in [-0.15, -0.1) is 4.98 Å². The standard InChI is InChI=1S/C10H7ClN4O4/c1-18-9-13-8(11)14-10(15-9)19-6-4-12-3-2-5(6)7(16)17/h2-4H,1H3,(H,16,17). The lowest BCUT2D eigenvalue weighted by atomic mass is 10.2. The number of pyridine rings is 1. The molecular weight excluding hydrogens is 276 g/mol. The van der Waals surface area contributed by atoms with Gasteiger partial charge in [0.1, 0.15) is 5.56 Å². The van der Waals surface area contributed by atoms with Crippen LogP contribution in [0.15, 0.2) is 18.5 Å². The molecule has 8 nitrogen and oxygen atoms in total. The Kier molecular flexibility index (Phi) is 3.71. The average Bonchev–Trinajstić information content (AvgIpc) is 2.38. The normalized spacial score (nSPS) is 10.0. The first-order chi connectivity index (χ1) is 9.10. The van der Waals surface area contributed by atoms with Crippen molar-refractivity contribution < 1.29 is 19.4 Å². The molecule has 0 radical (unpaired) electrons. The highest BCUT2D eigenvalue weighted by molar-refractivity contribution is 6.28. The molecule has 0 aliphatic carbocycles. The number of hydrogen-bond acceptors (Lipinski definition) is 7. The van der Waals surface area contributed by atoms with Crippen LogP contribution in [0.1, 0.15) is 10.4 Å². The predicted octanol–water partition coefficient (Wildman–Crippen LogP) is 1.42. The summed E-state index contributed by atoms with van der Waals surface area (Å²) in [5, 5.41) is 8.85. The van der Waals surface area contributed by atoms with E-state index in [1.54, 1.807) is 0 Å². The highest BCUT2D eigenvalue weighted by Gasteiger charge is 2.14. The lowest BCUT2D eigenvalue weighted by Gasteiger charge is -2.06. The highest BCUT2D eigenvalue weighted by Crippen LogP contribution is 2.23. The zero-order valence-electron chi connectivity index (χ0n) is 9.57. The Bertz CT molecular complexity index is 622. The number of nitrogens with zero attached hydrogens (tertiary/aromatic N) is 4. The monoisotopic (exact) mass is 282 g/mol. The molecule has 2 rings (SSSR count). The number of hydrogen-bond donors (Lipinski definition) is 1. The lowest BCUT2D eigenvalue weighted by Crippen LogP contribution is -2.03. The maximum Gasteiger partial charge on any atom is 0.339 e. The topological polar surface area (TPSA) is 107 Å². The van der Waals surface area contributed by atoms with E-state index in [1.165, 1.54) is 25.6 Å². The summed E-state index contributed by atoms with van der Waals surface area (Å²) in [5.41, 5.74) is -0.0782. The van der Waals surface area contributed by atoms with E-state index < -0.39 is 5.97 Å². The Morgan fingerprint density at radius 3 is 2.74 bits per heavy atom. The van der Waals surface area contributed by atoms with Crippen molar-refractivity contribution in [3.63, 3.8) is 0 Å². The molecule has 0 amide bonds. The van der Waals surface area contributed by atoms with Crippen LogP contribution < -0.4 is 9.47 Å². The number of methoxy groups -OCH3 is 1. The van der Waals surface area contributed by atoms with Crippen LogP contribution in [0.3, 0.4) is 0 Å². The average molecular weight is 283 g/mol. The van der Waals surface area contributed by atoms with E-state index in [0.29, 0.717) is 0 Å². The molecule has 2 aromatic heterocycles. The number of halogens is 1. The van der Waals surface area contributed by atoms with E-state index >= 15 is 0 Å². The molecule has 0 saturated heterocycles. The Morgan fingerprint density at radius 1 is 1.32 bits per heavy atom. The number of carboxylic acids is 1. The van der Waals surface area contributed by atoms with Gasteiger partial charge in [-0.05, 0) is 17.7 Å². The smallest absolute Gasteiger partial charge is 0.339 e. The van der Waals surface area contributed by atoms with Gasteiger partial charge in [0.2, 0.25) is 5.28 Å².